The SMILES string of the molecule is CCCc1ccc([C@@]2(C)NC(=O)N(CC(=O)c3ccc([C@@H](C)NC(C)=O)cc3)C2=O)cc1. The first-order valence-electron chi connectivity index (χ1n) is 10.8. The third-order valence-corrected chi connectivity index (χ3v) is 5.80. The molecule has 0 aliphatic carbocycles. The van der Waals surface area contributed by atoms with Crippen LogP contribution in [-0.2, 0) is 21.5 Å². The van der Waals surface area contributed by atoms with E-state index in [0.717, 1.165) is 23.3 Å². The van der Waals surface area contributed by atoms with Gasteiger partial charge in [0, 0.05) is 12.5 Å². The summed E-state index contributed by atoms with van der Waals surface area (Å²) in [6.45, 7) is 6.71. The van der Waals surface area contributed by atoms with Gasteiger partial charge in [-0.3, -0.25) is 19.3 Å². The minimum absolute atomic E-state index is 0.140. The molecule has 1 aliphatic rings. The summed E-state index contributed by atoms with van der Waals surface area (Å²) in [4.78, 5) is 50.6. The molecule has 0 aromatic heterocycles. The Morgan fingerprint density at radius 3 is 2.25 bits per heavy atom. The number of hydrogen-bond acceptors (Lipinski definition) is 4. The van der Waals surface area contributed by atoms with Crippen molar-refractivity contribution in [1.82, 2.24) is 15.5 Å². The van der Waals surface area contributed by atoms with Crippen LogP contribution in [0.5, 0.6) is 0 Å². The largest absolute Gasteiger partial charge is 0.350 e. The molecule has 7 nitrogen and oxygen atoms in total. The molecule has 0 radical (unpaired) electrons. The molecule has 0 saturated carbocycles. The number of carbonyl (C=O) groups is 4. The number of ketones is 1. The second-order valence-corrected chi connectivity index (χ2v) is 8.36. The maximum absolute atomic E-state index is 13.1. The number of nitrogens with zero attached hydrogens (tertiary/aromatic N) is 1. The number of aryl methyl sites for hydroxylation is 1. The molecule has 32 heavy (non-hydrogen) atoms. The van der Waals surface area contributed by atoms with Gasteiger partial charge >= 0.3 is 6.03 Å². The fraction of sp³-hybridized carbons (Fsp3) is 0.360. The number of rotatable bonds is 8. The summed E-state index contributed by atoms with van der Waals surface area (Å²) in [5.41, 5.74) is 1.88. The minimum Gasteiger partial charge on any atom is -0.350 e. The van der Waals surface area contributed by atoms with E-state index in [1.807, 2.05) is 31.2 Å². The fourth-order valence-corrected chi connectivity index (χ4v) is 3.91. The Morgan fingerprint density at radius 1 is 1.06 bits per heavy atom. The molecule has 1 fully saturated rings. The van der Waals surface area contributed by atoms with Crippen molar-refractivity contribution in [1.29, 1.82) is 0 Å². The maximum atomic E-state index is 13.1. The van der Waals surface area contributed by atoms with E-state index >= 15 is 0 Å². The minimum atomic E-state index is -1.21. The number of nitrogens with one attached hydrogen (secondary N) is 2. The highest BCUT2D eigenvalue weighted by Gasteiger charge is 2.49. The van der Waals surface area contributed by atoms with Crippen LogP contribution >= 0.6 is 0 Å². The number of imide groups is 1. The van der Waals surface area contributed by atoms with Crippen LogP contribution in [0.3, 0.4) is 0 Å². The molecule has 1 aliphatic heterocycles. The quantitative estimate of drug-likeness (QED) is 0.490. The predicted molar refractivity (Wildman–Crippen MR) is 121 cm³/mol. The Bertz CT molecular complexity index is 1030. The summed E-state index contributed by atoms with van der Waals surface area (Å²) >= 11 is 0. The first-order valence-corrected chi connectivity index (χ1v) is 10.8. The average molecular weight is 436 g/mol. The lowest BCUT2D eigenvalue weighted by atomic mass is 9.91. The second-order valence-electron chi connectivity index (χ2n) is 8.36. The van der Waals surface area contributed by atoms with Crippen LogP contribution in [0.25, 0.3) is 0 Å². The molecular formula is C25H29N3O4. The van der Waals surface area contributed by atoms with Gasteiger partial charge in [0.25, 0.3) is 5.91 Å². The summed E-state index contributed by atoms with van der Waals surface area (Å²) in [5, 5.41) is 5.53. The lowest BCUT2D eigenvalue weighted by Crippen LogP contribution is -2.41. The molecule has 2 aromatic rings. The van der Waals surface area contributed by atoms with Crippen LogP contribution in [0.15, 0.2) is 48.5 Å². The number of benzene rings is 2. The Hall–Kier alpha value is -3.48. The van der Waals surface area contributed by atoms with Crippen molar-refractivity contribution in [3.63, 3.8) is 0 Å². The van der Waals surface area contributed by atoms with Gasteiger partial charge in [-0.05, 0) is 37.0 Å². The Morgan fingerprint density at radius 2 is 1.69 bits per heavy atom. The van der Waals surface area contributed by atoms with E-state index in [1.165, 1.54) is 12.5 Å². The molecule has 168 valence electrons. The number of hydrogen-bond donors (Lipinski definition) is 2. The van der Waals surface area contributed by atoms with Crippen molar-refractivity contribution < 1.29 is 19.2 Å². The highest BCUT2D eigenvalue weighted by atomic mass is 16.2. The zero-order valence-corrected chi connectivity index (χ0v) is 18.9. The Kier molecular flexibility index (Phi) is 6.77. The van der Waals surface area contributed by atoms with Gasteiger partial charge in [-0.15, -0.1) is 0 Å². The van der Waals surface area contributed by atoms with E-state index in [2.05, 4.69) is 17.6 Å². The molecule has 2 aromatic carbocycles. The van der Waals surface area contributed by atoms with Gasteiger partial charge in [-0.2, -0.15) is 0 Å². The molecule has 4 amide bonds. The summed E-state index contributed by atoms with van der Waals surface area (Å²) < 4.78 is 0. The number of carbonyl (C=O) groups excluding carboxylic acids is 4. The molecule has 7 heteroatoms. The normalized spacial score (nSPS) is 18.9. The van der Waals surface area contributed by atoms with Crippen LogP contribution in [0.1, 0.15) is 67.2 Å². The van der Waals surface area contributed by atoms with E-state index in [0.29, 0.717) is 11.1 Å². The van der Waals surface area contributed by atoms with Crippen molar-refractivity contribution in [3.05, 3.63) is 70.8 Å². The summed E-state index contributed by atoms with van der Waals surface area (Å²) in [6, 6.07) is 13.6. The molecular weight excluding hydrogens is 406 g/mol. The monoisotopic (exact) mass is 435 g/mol. The predicted octanol–water partition coefficient (Wildman–Crippen LogP) is 3.49. The first-order chi connectivity index (χ1) is 15.2. The molecule has 3 rings (SSSR count). The Labute approximate surface area is 188 Å². The first kappa shape index (κ1) is 23.2. The van der Waals surface area contributed by atoms with E-state index in [4.69, 9.17) is 0 Å². The fourth-order valence-electron chi connectivity index (χ4n) is 3.91. The average Bonchev–Trinajstić information content (AvgIpc) is 2.98. The van der Waals surface area contributed by atoms with Crippen LogP contribution in [-0.4, -0.2) is 35.1 Å². The molecule has 2 atom stereocenters. The van der Waals surface area contributed by atoms with Crippen LogP contribution in [0.2, 0.25) is 0 Å². The third kappa shape index (κ3) is 4.72. The van der Waals surface area contributed by atoms with Crippen molar-refractivity contribution in [2.24, 2.45) is 0 Å². The lowest BCUT2D eigenvalue weighted by Gasteiger charge is -2.22. The maximum Gasteiger partial charge on any atom is 0.325 e. The number of amides is 4. The second kappa shape index (κ2) is 9.34. The molecule has 0 unspecified atom stereocenters. The van der Waals surface area contributed by atoms with E-state index in [1.54, 1.807) is 31.2 Å². The van der Waals surface area contributed by atoms with Crippen molar-refractivity contribution in [2.45, 2.75) is 52.1 Å². The standard InChI is InChI=1S/C25H29N3O4/c1-5-6-18-7-13-21(14-8-18)25(4)23(31)28(24(32)27-25)15-22(30)20-11-9-19(10-12-20)16(2)26-17(3)29/h7-14,16H,5-6,15H2,1-4H3,(H,26,29)(H,27,32)/t16-,25-/m1/s1. The number of urea groups is 1. The van der Waals surface area contributed by atoms with Crippen molar-refractivity contribution in [3.8, 4) is 0 Å². The van der Waals surface area contributed by atoms with Crippen LogP contribution in [0, 0.1) is 0 Å². The lowest BCUT2D eigenvalue weighted by molar-refractivity contribution is -0.130. The van der Waals surface area contributed by atoms with Crippen LogP contribution < -0.4 is 10.6 Å². The van der Waals surface area contributed by atoms with Gasteiger partial charge in [0.1, 0.15) is 5.54 Å². The van der Waals surface area contributed by atoms with E-state index < -0.39 is 17.5 Å². The zero-order valence-electron chi connectivity index (χ0n) is 18.9. The highest BCUT2D eigenvalue weighted by Crippen LogP contribution is 2.29. The molecule has 2 N–H and O–H groups in total. The van der Waals surface area contributed by atoms with E-state index in [-0.39, 0.29) is 24.3 Å². The van der Waals surface area contributed by atoms with Crippen molar-refractivity contribution in [2.75, 3.05) is 6.54 Å². The molecule has 0 spiro atoms. The summed E-state index contributed by atoms with van der Waals surface area (Å²) in [5.74, 6) is -0.927. The van der Waals surface area contributed by atoms with Gasteiger partial charge in [-0.1, -0.05) is 61.9 Å². The summed E-state index contributed by atoms with van der Waals surface area (Å²) in [6.07, 6.45) is 1.97. The highest BCUT2D eigenvalue weighted by molar-refractivity contribution is 6.11. The smallest absolute Gasteiger partial charge is 0.325 e. The van der Waals surface area contributed by atoms with Gasteiger partial charge in [-0.25, -0.2) is 4.79 Å². The zero-order chi connectivity index (χ0) is 23.5. The third-order valence-electron chi connectivity index (χ3n) is 5.80. The summed E-state index contributed by atoms with van der Waals surface area (Å²) in [7, 11) is 0. The van der Waals surface area contributed by atoms with Gasteiger partial charge in [0.05, 0.1) is 12.6 Å². The molecule has 1 heterocycles. The molecule has 0 bridgehead atoms. The molecule has 1 saturated heterocycles. The Balaban J connectivity index is 1.72. The van der Waals surface area contributed by atoms with Gasteiger partial charge in [0.2, 0.25) is 5.91 Å². The van der Waals surface area contributed by atoms with Crippen molar-refractivity contribution >= 4 is 23.6 Å². The number of Topliss-reactive ketones (excluding diaryl/α,β-unsaturated/α-hetero) is 1. The van der Waals surface area contributed by atoms with Gasteiger partial charge in [0.15, 0.2) is 5.78 Å². The topological polar surface area (TPSA) is 95.6 Å². The van der Waals surface area contributed by atoms with E-state index in [9.17, 15) is 19.2 Å². The van der Waals surface area contributed by atoms with Crippen LogP contribution in [0.4, 0.5) is 4.79 Å². The van der Waals surface area contributed by atoms with Gasteiger partial charge < -0.3 is 10.6 Å².